The largest absolute Gasteiger partial charge is 0.373 e. The van der Waals surface area contributed by atoms with Crippen LogP contribution >= 0.6 is 12.4 Å². The highest BCUT2D eigenvalue weighted by molar-refractivity contribution is 5.85. The van der Waals surface area contributed by atoms with Crippen molar-refractivity contribution in [1.82, 2.24) is 25.4 Å². The van der Waals surface area contributed by atoms with E-state index in [1.807, 2.05) is 32.3 Å². The third-order valence-corrected chi connectivity index (χ3v) is 4.25. The molecule has 0 fully saturated rings. The summed E-state index contributed by atoms with van der Waals surface area (Å²) in [4.78, 5) is 13.3. The zero-order chi connectivity index (χ0) is 16.5. The predicted octanol–water partition coefficient (Wildman–Crippen LogP) is 2.61. The third-order valence-electron chi connectivity index (χ3n) is 4.25. The number of hydrogen-bond acceptors (Lipinski definition) is 7. The smallest absolute Gasteiger partial charge is 0.258 e. The Morgan fingerprint density at radius 2 is 2.16 bits per heavy atom. The van der Waals surface area contributed by atoms with Crippen molar-refractivity contribution >= 4 is 18.2 Å². The summed E-state index contributed by atoms with van der Waals surface area (Å²) >= 11 is 0. The van der Waals surface area contributed by atoms with Gasteiger partial charge in [0.2, 0.25) is 5.82 Å². The Morgan fingerprint density at radius 3 is 3.00 bits per heavy atom. The highest BCUT2D eigenvalue weighted by Gasteiger charge is 2.21. The van der Waals surface area contributed by atoms with Crippen LogP contribution in [-0.2, 0) is 13.0 Å². The second-order valence-electron chi connectivity index (χ2n) is 5.75. The second kappa shape index (κ2) is 7.16. The van der Waals surface area contributed by atoms with Crippen LogP contribution in [-0.4, -0.2) is 33.7 Å². The number of nitrogens with zero attached hydrogens (tertiary/aromatic N) is 4. The SMILES string of the molecule is CNc1cc(-c2nc(-c3c(C)ncc4c3CCNC4)no2)ccn1.Cl. The molecule has 0 atom stereocenters. The monoisotopic (exact) mass is 358 g/mol. The number of aryl methyl sites for hydroxylation is 1. The molecule has 0 saturated heterocycles. The number of nitrogens with one attached hydrogen (secondary N) is 2. The zero-order valence-electron chi connectivity index (χ0n) is 14.0. The van der Waals surface area contributed by atoms with Crippen molar-refractivity contribution in [2.45, 2.75) is 19.9 Å². The molecule has 25 heavy (non-hydrogen) atoms. The van der Waals surface area contributed by atoms with Crippen molar-refractivity contribution in [2.75, 3.05) is 18.9 Å². The van der Waals surface area contributed by atoms with E-state index in [9.17, 15) is 0 Å². The molecule has 1 aliphatic heterocycles. The number of anilines is 1. The van der Waals surface area contributed by atoms with E-state index in [1.165, 1.54) is 11.1 Å². The lowest BCUT2D eigenvalue weighted by molar-refractivity contribution is 0.432. The highest BCUT2D eigenvalue weighted by atomic mass is 35.5. The summed E-state index contributed by atoms with van der Waals surface area (Å²) in [6.45, 7) is 3.76. The van der Waals surface area contributed by atoms with Crippen LogP contribution < -0.4 is 10.6 Å². The fourth-order valence-electron chi connectivity index (χ4n) is 3.01. The molecule has 0 saturated carbocycles. The molecule has 7 nitrogen and oxygen atoms in total. The van der Waals surface area contributed by atoms with Crippen molar-refractivity contribution in [3.8, 4) is 22.8 Å². The van der Waals surface area contributed by atoms with E-state index in [2.05, 4.69) is 30.7 Å². The molecule has 0 bridgehead atoms. The Balaban J connectivity index is 0.00000182. The first-order valence-corrected chi connectivity index (χ1v) is 7.92. The summed E-state index contributed by atoms with van der Waals surface area (Å²) in [6.07, 6.45) is 4.59. The fourth-order valence-corrected chi connectivity index (χ4v) is 3.01. The van der Waals surface area contributed by atoms with Crippen molar-refractivity contribution < 1.29 is 4.52 Å². The van der Waals surface area contributed by atoms with E-state index >= 15 is 0 Å². The summed E-state index contributed by atoms with van der Waals surface area (Å²) in [7, 11) is 1.82. The summed E-state index contributed by atoms with van der Waals surface area (Å²) < 4.78 is 5.49. The first-order chi connectivity index (χ1) is 11.8. The first-order valence-electron chi connectivity index (χ1n) is 7.92. The molecule has 0 radical (unpaired) electrons. The lowest BCUT2D eigenvalue weighted by Crippen LogP contribution is -2.24. The minimum absolute atomic E-state index is 0. The highest BCUT2D eigenvalue weighted by Crippen LogP contribution is 2.30. The molecule has 0 unspecified atom stereocenters. The maximum atomic E-state index is 5.49. The average molecular weight is 359 g/mol. The van der Waals surface area contributed by atoms with Crippen LogP contribution in [0.2, 0.25) is 0 Å². The maximum absolute atomic E-state index is 5.49. The van der Waals surface area contributed by atoms with Crippen LogP contribution in [0, 0.1) is 6.92 Å². The molecule has 1 aliphatic rings. The normalized spacial score (nSPS) is 13.0. The van der Waals surface area contributed by atoms with Crippen molar-refractivity contribution in [3.63, 3.8) is 0 Å². The van der Waals surface area contributed by atoms with Gasteiger partial charge in [0, 0.05) is 42.8 Å². The molecule has 2 N–H and O–H groups in total. The number of fused-ring (bicyclic) bond motifs is 1. The van der Waals surface area contributed by atoms with Gasteiger partial charge in [-0.3, -0.25) is 4.98 Å². The minimum Gasteiger partial charge on any atom is -0.373 e. The summed E-state index contributed by atoms with van der Waals surface area (Å²) in [6, 6.07) is 3.74. The van der Waals surface area contributed by atoms with Gasteiger partial charge >= 0.3 is 0 Å². The van der Waals surface area contributed by atoms with Gasteiger partial charge in [-0.15, -0.1) is 12.4 Å². The standard InChI is InChI=1S/C17H18N6O.ClH/c1-10-15(13-4-5-19-8-12(13)9-21-10)16-22-17(24-23-16)11-3-6-20-14(7-11)18-2;/h3,6-7,9,19H,4-5,8H2,1-2H3,(H,18,20);1H. The molecule has 0 aromatic carbocycles. The first kappa shape index (κ1) is 17.3. The molecule has 3 aromatic rings. The van der Waals surface area contributed by atoms with Crippen LogP contribution in [0.15, 0.2) is 29.0 Å². The molecule has 3 aromatic heterocycles. The number of pyridine rings is 2. The Kier molecular flexibility index (Phi) is 4.96. The fraction of sp³-hybridized carbons (Fsp3) is 0.294. The molecule has 130 valence electrons. The maximum Gasteiger partial charge on any atom is 0.258 e. The van der Waals surface area contributed by atoms with Gasteiger partial charge in [0.15, 0.2) is 0 Å². The van der Waals surface area contributed by atoms with Gasteiger partial charge in [0.05, 0.1) is 0 Å². The van der Waals surface area contributed by atoms with Gasteiger partial charge < -0.3 is 15.2 Å². The topological polar surface area (TPSA) is 88.8 Å². The van der Waals surface area contributed by atoms with Gasteiger partial charge in [-0.1, -0.05) is 5.16 Å². The molecule has 4 heterocycles. The lowest BCUT2D eigenvalue weighted by atomic mass is 9.95. The van der Waals surface area contributed by atoms with Crippen LogP contribution in [0.1, 0.15) is 16.8 Å². The molecular weight excluding hydrogens is 340 g/mol. The van der Waals surface area contributed by atoms with E-state index in [1.54, 1.807) is 6.20 Å². The molecule has 8 heteroatoms. The lowest BCUT2D eigenvalue weighted by Gasteiger charge is -2.19. The second-order valence-corrected chi connectivity index (χ2v) is 5.75. The third kappa shape index (κ3) is 3.20. The Labute approximate surface area is 151 Å². The molecule has 4 rings (SSSR count). The minimum atomic E-state index is 0. The Hall–Kier alpha value is -2.51. The van der Waals surface area contributed by atoms with Crippen LogP contribution in [0.5, 0.6) is 0 Å². The van der Waals surface area contributed by atoms with Crippen LogP contribution in [0.25, 0.3) is 22.8 Å². The van der Waals surface area contributed by atoms with Crippen molar-refractivity contribution in [2.24, 2.45) is 0 Å². The number of aromatic nitrogens is 4. The number of halogens is 1. The molecular formula is C17H19ClN6O. The van der Waals surface area contributed by atoms with Crippen LogP contribution in [0.3, 0.4) is 0 Å². The molecule has 0 spiro atoms. The summed E-state index contributed by atoms with van der Waals surface area (Å²) in [5, 5.41) is 10.6. The average Bonchev–Trinajstić information content (AvgIpc) is 3.11. The van der Waals surface area contributed by atoms with Gasteiger partial charge in [-0.2, -0.15) is 4.98 Å². The number of rotatable bonds is 3. The van der Waals surface area contributed by atoms with Crippen molar-refractivity contribution in [1.29, 1.82) is 0 Å². The van der Waals surface area contributed by atoms with E-state index in [-0.39, 0.29) is 12.4 Å². The summed E-state index contributed by atoms with van der Waals surface area (Å²) in [5.41, 5.74) is 5.22. The van der Waals surface area contributed by atoms with Crippen molar-refractivity contribution in [3.05, 3.63) is 41.3 Å². The zero-order valence-corrected chi connectivity index (χ0v) is 14.9. The number of hydrogen-bond donors (Lipinski definition) is 2. The van der Waals surface area contributed by atoms with E-state index in [4.69, 9.17) is 4.52 Å². The van der Waals surface area contributed by atoms with E-state index in [0.29, 0.717) is 11.7 Å². The Morgan fingerprint density at radius 1 is 1.28 bits per heavy atom. The van der Waals surface area contributed by atoms with Crippen LogP contribution in [0.4, 0.5) is 5.82 Å². The Bertz CT molecular complexity index is 895. The summed E-state index contributed by atoms with van der Waals surface area (Å²) in [5.74, 6) is 1.83. The van der Waals surface area contributed by atoms with E-state index in [0.717, 1.165) is 42.1 Å². The molecule has 0 amide bonds. The van der Waals surface area contributed by atoms with E-state index < -0.39 is 0 Å². The van der Waals surface area contributed by atoms with Gasteiger partial charge in [-0.05, 0) is 43.1 Å². The predicted molar refractivity (Wildman–Crippen MR) is 97.7 cm³/mol. The quantitative estimate of drug-likeness (QED) is 0.743. The van der Waals surface area contributed by atoms with Gasteiger partial charge in [-0.25, -0.2) is 4.98 Å². The van der Waals surface area contributed by atoms with Gasteiger partial charge in [0.25, 0.3) is 5.89 Å². The van der Waals surface area contributed by atoms with Gasteiger partial charge in [0.1, 0.15) is 5.82 Å². The molecule has 0 aliphatic carbocycles.